The van der Waals surface area contributed by atoms with E-state index in [1.807, 2.05) is 7.05 Å². The lowest BCUT2D eigenvalue weighted by atomic mass is 9.94. The highest BCUT2D eigenvalue weighted by Crippen LogP contribution is 2.27. The lowest BCUT2D eigenvalue weighted by Gasteiger charge is -2.37. The number of aromatic nitrogens is 4. The third-order valence-electron chi connectivity index (χ3n) is 9.16. The van der Waals surface area contributed by atoms with E-state index in [0.29, 0.717) is 53.6 Å². The van der Waals surface area contributed by atoms with Crippen LogP contribution >= 0.6 is 55.1 Å². The average Bonchev–Trinajstić information content (AvgIpc) is 3.05. The molecule has 0 amide bonds. The van der Waals surface area contributed by atoms with Crippen molar-refractivity contribution >= 4 is 76.9 Å². The van der Waals surface area contributed by atoms with Gasteiger partial charge in [0.1, 0.15) is 0 Å². The van der Waals surface area contributed by atoms with Crippen LogP contribution in [0.5, 0.6) is 0 Å². The molecule has 0 radical (unpaired) electrons. The molecule has 5 N–H and O–H groups in total. The molecule has 6 rings (SSSR count). The Bertz CT molecular complexity index is 1890. The molecule has 4 heterocycles. The minimum atomic E-state index is -0.752. The van der Waals surface area contributed by atoms with Gasteiger partial charge in [-0.05, 0) is 115 Å². The number of likely N-dealkylation sites (N-methyl/N-ethyl adjacent to an activating group) is 1. The van der Waals surface area contributed by atoms with E-state index in [1.165, 1.54) is 21.8 Å². The van der Waals surface area contributed by atoms with E-state index in [9.17, 15) is 30.0 Å². The van der Waals surface area contributed by atoms with Crippen molar-refractivity contribution in [2.75, 3.05) is 20.1 Å². The summed E-state index contributed by atoms with van der Waals surface area (Å²) < 4.78 is 4.14. The number of hydrogen-bond donors (Lipinski definition) is 5. The number of halogens is 4. The number of likely N-dealkylation sites (tertiary alicyclic amines) is 1. The maximum absolute atomic E-state index is 12.6. The van der Waals surface area contributed by atoms with Crippen molar-refractivity contribution in [1.29, 1.82) is 0 Å². The fraction of sp³-hybridized carbons (Fsp3) is 0.515. The predicted octanol–water partition coefficient (Wildman–Crippen LogP) is 3.69. The van der Waals surface area contributed by atoms with Crippen molar-refractivity contribution < 1.29 is 20.4 Å². The molecule has 2 aromatic heterocycles. The zero-order valence-corrected chi connectivity index (χ0v) is 31.5. The number of piperidine rings is 2. The summed E-state index contributed by atoms with van der Waals surface area (Å²) in [5.41, 5.74) is 0.613. The molecule has 0 saturated carbocycles. The number of fused-ring (bicyclic) bond motifs is 2. The maximum Gasteiger partial charge on any atom is 0.261 e. The summed E-state index contributed by atoms with van der Waals surface area (Å²) in [4.78, 5) is 35.8. The van der Waals surface area contributed by atoms with E-state index >= 15 is 0 Å². The lowest BCUT2D eigenvalue weighted by molar-refractivity contribution is -0.00522. The normalized spacial score (nSPS) is 22.9. The number of nitrogens with one attached hydrogen (secondary N) is 1. The highest BCUT2D eigenvalue weighted by atomic mass is 79.9. The monoisotopic (exact) mass is 844 g/mol. The smallest absolute Gasteiger partial charge is 0.261 e. The quantitative estimate of drug-likeness (QED) is 0.177. The van der Waals surface area contributed by atoms with Gasteiger partial charge in [0.15, 0.2) is 0 Å². The molecule has 2 aliphatic heterocycles. The minimum absolute atomic E-state index is 0.0988. The Kier molecular flexibility index (Phi) is 13.3. The van der Waals surface area contributed by atoms with Crippen molar-refractivity contribution in [2.24, 2.45) is 0 Å². The van der Waals surface area contributed by atoms with Gasteiger partial charge in [0.25, 0.3) is 11.1 Å². The van der Waals surface area contributed by atoms with Crippen molar-refractivity contribution in [3.05, 3.63) is 76.6 Å². The van der Waals surface area contributed by atoms with Gasteiger partial charge in [-0.3, -0.25) is 18.7 Å². The van der Waals surface area contributed by atoms with Gasteiger partial charge in [-0.15, -0.1) is 0 Å². The molecule has 16 heteroatoms. The molecule has 2 saturated heterocycles. The molecule has 0 unspecified atom stereocenters. The van der Waals surface area contributed by atoms with E-state index < -0.39 is 24.4 Å². The molecule has 4 aromatic rings. The molecular formula is C33H40Br2Cl2N6O6. The minimum Gasteiger partial charge on any atom is -0.392 e. The first-order valence-corrected chi connectivity index (χ1v) is 18.5. The zero-order chi connectivity index (χ0) is 35.4. The summed E-state index contributed by atoms with van der Waals surface area (Å²) in [5.74, 6) is 0. The third-order valence-corrected chi connectivity index (χ3v) is 11.5. The fourth-order valence-corrected chi connectivity index (χ4v) is 7.45. The molecular weight excluding hydrogens is 807 g/mol. The van der Waals surface area contributed by atoms with Gasteiger partial charge in [-0.1, -0.05) is 23.2 Å². The molecule has 49 heavy (non-hydrogen) atoms. The molecule has 0 aliphatic carbocycles. The van der Waals surface area contributed by atoms with Crippen molar-refractivity contribution in [3.63, 3.8) is 0 Å². The van der Waals surface area contributed by atoms with Crippen LogP contribution in [0.1, 0.15) is 38.5 Å². The van der Waals surface area contributed by atoms with Gasteiger partial charge in [0.05, 0.1) is 82.0 Å². The van der Waals surface area contributed by atoms with Gasteiger partial charge < -0.3 is 30.6 Å². The number of aliphatic hydroxyl groups is 4. The van der Waals surface area contributed by atoms with Gasteiger partial charge in [-0.25, -0.2) is 9.97 Å². The Labute approximate surface area is 309 Å². The Morgan fingerprint density at radius 3 is 1.86 bits per heavy atom. The van der Waals surface area contributed by atoms with Gasteiger partial charge in [0.2, 0.25) is 0 Å². The standard InChI is InChI=1S/C17H21BrClN3O3.C16H19BrClN3O3/c1-21-4-2-3-16(24)15(21)5-10(23)8-22-9-20-14-7-12(18)13(19)6-11(14)17(22)25;17-11-6-13-10(5-12(11)18)16(24)21(8-20-13)7-9(22)4-14-15(23)2-1-3-19-14/h6-7,9-10,15-16,23-24H,2-5,8H2,1H3;5-6,8-9,14-15,19,22-23H,1-4,7H2/t10-,15+,16-;9-,14+,15-/m00/s1. The van der Waals surface area contributed by atoms with Crippen LogP contribution in [0.25, 0.3) is 21.8 Å². The van der Waals surface area contributed by atoms with Crippen LogP contribution < -0.4 is 16.4 Å². The Morgan fingerprint density at radius 1 is 0.837 bits per heavy atom. The van der Waals surface area contributed by atoms with Crippen LogP contribution in [0.15, 0.2) is 55.5 Å². The van der Waals surface area contributed by atoms with Gasteiger partial charge in [0, 0.05) is 21.0 Å². The van der Waals surface area contributed by atoms with E-state index in [2.05, 4.69) is 52.0 Å². The van der Waals surface area contributed by atoms with Gasteiger partial charge >= 0.3 is 0 Å². The van der Waals surface area contributed by atoms with Crippen molar-refractivity contribution in [2.45, 2.75) is 88.1 Å². The van der Waals surface area contributed by atoms with Crippen molar-refractivity contribution in [1.82, 2.24) is 29.3 Å². The molecule has 6 atom stereocenters. The van der Waals surface area contributed by atoms with Crippen molar-refractivity contribution in [3.8, 4) is 0 Å². The molecule has 12 nitrogen and oxygen atoms in total. The number of rotatable bonds is 8. The molecule has 2 aromatic carbocycles. The van der Waals surface area contributed by atoms with Crippen LogP contribution in [0.2, 0.25) is 10.0 Å². The van der Waals surface area contributed by atoms with Gasteiger partial charge in [-0.2, -0.15) is 0 Å². The predicted molar refractivity (Wildman–Crippen MR) is 197 cm³/mol. The molecule has 0 bridgehead atoms. The Morgan fingerprint density at radius 2 is 1.35 bits per heavy atom. The van der Waals surface area contributed by atoms with Crippen LogP contribution in [-0.2, 0) is 13.1 Å². The fourth-order valence-electron chi connectivity index (χ4n) is 6.46. The van der Waals surface area contributed by atoms with E-state index in [1.54, 1.807) is 24.3 Å². The van der Waals surface area contributed by atoms with E-state index in [-0.39, 0.29) is 36.3 Å². The molecule has 266 valence electrons. The first kappa shape index (κ1) is 38.3. The number of nitrogens with zero attached hydrogens (tertiary/aromatic N) is 5. The topological polar surface area (TPSA) is 166 Å². The summed E-state index contributed by atoms with van der Waals surface area (Å²) in [6.07, 6.45) is 4.60. The summed E-state index contributed by atoms with van der Waals surface area (Å²) in [6.45, 7) is 1.99. The number of benzene rings is 2. The van der Waals surface area contributed by atoms with Crippen LogP contribution in [0.3, 0.4) is 0 Å². The maximum atomic E-state index is 12.6. The largest absolute Gasteiger partial charge is 0.392 e. The second-order valence-corrected chi connectivity index (χ2v) is 15.3. The number of aliphatic hydroxyl groups excluding tert-OH is 4. The summed E-state index contributed by atoms with van der Waals surface area (Å²) in [5, 5.41) is 45.8. The van der Waals surface area contributed by atoms with E-state index in [4.69, 9.17) is 23.2 Å². The lowest BCUT2D eigenvalue weighted by Crippen LogP contribution is -2.48. The molecule has 0 spiro atoms. The highest BCUT2D eigenvalue weighted by molar-refractivity contribution is 9.10. The van der Waals surface area contributed by atoms with E-state index in [0.717, 1.165) is 38.8 Å². The second kappa shape index (κ2) is 17.0. The van der Waals surface area contributed by atoms with Crippen LogP contribution in [-0.4, -0.2) is 101 Å². The Balaban J connectivity index is 0.000000191. The third kappa shape index (κ3) is 9.47. The summed E-state index contributed by atoms with van der Waals surface area (Å²) in [6, 6.07) is 6.31. The van der Waals surface area contributed by atoms with Crippen LogP contribution in [0, 0.1) is 0 Å². The second-order valence-electron chi connectivity index (χ2n) is 12.8. The highest BCUT2D eigenvalue weighted by Gasteiger charge is 2.30. The molecule has 2 fully saturated rings. The van der Waals surface area contributed by atoms with Crippen LogP contribution in [0.4, 0.5) is 0 Å². The summed E-state index contributed by atoms with van der Waals surface area (Å²) in [7, 11) is 1.95. The number of hydrogen-bond acceptors (Lipinski definition) is 10. The first-order valence-electron chi connectivity index (χ1n) is 16.2. The zero-order valence-electron chi connectivity index (χ0n) is 26.9. The Hall–Kier alpha value is -1.98. The summed E-state index contributed by atoms with van der Waals surface area (Å²) >= 11 is 18.8. The average molecular weight is 847 g/mol. The first-order chi connectivity index (χ1) is 23.3. The SMILES string of the molecule is CN1CCC[C@H](O)[C@H]1C[C@H](O)Cn1cnc2cc(Br)c(Cl)cc2c1=O.O=c1c2cc(Cl)c(Br)cc2ncn1C[C@@H](O)C[C@H]1NCCC[C@@H]1O. The molecule has 2 aliphatic rings.